The predicted molar refractivity (Wildman–Crippen MR) is 75.6 cm³/mol. The molecule has 0 radical (unpaired) electrons. The first kappa shape index (κ1) is 17.8. The van der Waals surface area contributed by atoms with E-state index in [0.717, 1.165) is 19.3 Å². The van der Waals surface area contributed by atoms with Gasteiger partial charge in [0.15, 0.2) is 11.2 Å². The number of carboxylic acid groups (broad SMARTS) is 1. The summed E-state index contributed by atoms with van der Waals surface area (Å²) in [4.78, 5) is 23.2. The molecule has 0 bridgehead atoms. The Morgan fingerprint density at radius 3 is 2.67 bits per heavy atom. The fourth-order valence-electron chi connectivity index (χ4n) is 2.78. The molecule has 120 valence electrons. The van der Waals surface area contributed by atoms with Crippen molar-refractivity contribution in [2.24, 2.45) is 11.3 Å². The van der Waals surface area contributed by atoms with E-state index < -0.39 is 41.9 Å². The van der Waals surface area contributed by atoms with Crippen molar-refractivity contribution < 1.29 is 30.0 Å². The monoisotopic (exact) mass is 300 g/mol. The second kappa shape index (κ2) is 7.68. The van der Waals surface area contributed by atoms with Crippen molar-refractivity contribution in [3.63, 3.8) is 0 Å². The molecule has 0 spiro atoms. The van der Waals surface area contributed by atoms with Crippen molar-refractivity contribution in [2.45, 2.75) is 51.2 Å². The molecule has 0 saturated heterocycles. The van der Waals surface area contributed by atoms with Crippen LogP contribution in [0.15, 0.2) is 12.2 Å². The Balaban J connectivity index is 2.83. The van der Waals surface area contributed by atoms with E-state index in [4.69, 9.17) is 0 Å². The van der Waals surface area contributed by atoms with Crippen molar-refractivity contribution in [2.75, 3.05) is 6.61 Å². The summed E-state index contributed by atoms with van der Waals surface area (Å²) in [5.74, 6) is -3.14. The van der Waals surface area contributed by atoms with E-state index in [1.165, 1.54) is 12.2 Å². The average Bonchev–Trinajstić information content (AvgIpc) is 2.67. The third kappa shape index (κ3) is 3.70. The van der Waals surface area contributed by atoms with Gasteiger partial charge in [0.05, 0.1) is 18.8 Å². The van der Waals surface area contributed by atoms with Crippen LogP contribution in [0.5, 0.6) is 0 Å². The van der Waals surface area contributed by atoms with Crippen LogP contribution in [0.1, 0.15) is 39.0 Å². The Hall–Kier alpha value is -1.24. The fourth-order valence-corrected chi connectivity index (χ4v) is 2.78. The summed E-state index contributed by atoms with van der Waals surface area (Å²) in [5.41, 5.74) is -2.00. The molecule has 0 aliphatic heterocycles. The van der Waals surface area contributed by atoms with Crippen LogP contribution in [-0.2, 0) is 9.59 Å². The van der Waals surface area contributed by atoms with Crippen LogP contribution in [0.2, 0.25) is 0 Å². The van der Waals surface area contributed by atoms with Crippen molar-refractivity contribution in [3.8, 4) is 0 Å². The number of aliphatic hydroxyl groups excluding tert-OH is 3. The Morgan fingerprint density at radius 2 is 2.14 bits per heavy atom. The fraction of sp³-hybridized carbons (Fsp3) is 0.733. The molecule has 1 unspecified atom stereocenters. The third-order valence-corrected chi connectivity index (χ3v) is 4.15. The van der Waals surface area contributed by atoms with Crippen LogP contribution >= 0.6 is 0 Å². The van der Waals surface area contributed by atoms with E-state index >= 15 is 0 Å². The summed E-state index contributed by atoms with van der Waals surface area (Å²) in [6.45, 7) is 1.18. The van der Waals surface area contributed by atoms with E-state index in [-0.39, 0.29) is 6.42 Å². The van der Waals surface area contributed by atoms with Gasteiger partial charge >= 0.3 is 5.97 Å². The zero-order valence-electron chi connectivity index (χ0n) is 12.2. The zero-order valence-corrected chi connectivity index (χ0v) is 12.2. The Morgan fingerprint density at radius 1 is 1.48 bits per heavy atom. The summed E-state index contributed by atoms with van der Waals surface area (Å²) in [7, 11) is 0. The minimum atomic E-state index is -2.00. The largest absolute Gasteiger partial charge is 0.480 e. The first-order chi connectivity index (χ1) is 9.90. The maximum atomic E-state index is 11.8. The molecule has 1 aliphatic rings. The molecule has 6 heteroatoms. The highest BCUT2D eigenvalue weighted by molar-refractivity contribution is 6.06. The number of carboxylic acids is 1. The van der Waals surface area contributed by atoms with E-state index in [1.807, 2.05) is 6.92 Å². The lowest BCUT2D eigenvalue weighted by Gasteiger charge is -2.26. The molecule has 4 atom stereocenters. The van der Waals surface area contributed by atoms with Gasteiger partial charge in [0.2, 0.25) is 0 Å². The van der Waals surface area contributed by atoms with Crippen molar-refractivity contribution in [1.29, 1.82) is 0 Å². The second-order valence-corrected chi connectivity index (χ2v) is 5.60. The van der Waals surface area contributed by atoms with Gasteiger partial charge in [0.25, 0.3) is 0 Å². The van der Waals surface area contributed by atoms with Crippen LogP contribution < -0.4 is 0 Å². The molecular weight excluding hydrogens is 276 g/mol. The van der Waals surface area contributed by atoms with Gasteiger partial charge in [-0.3, -0.25) is 9.59 Å². The lowest BCUT2D eigenvalue weighted by molar-refractivity contribution is -0.158. The first-order valence-electron chi connectivity index (χ1n) is 7.32. The molecule has 0 amide bonds. The van der Waals surface area contributed by atoms with Gasteiger partial charge in [0.1, 0.15) is 0 Å². The van der Waals surface area contributed by atoms with E-state index in [2.05, 4.69) is 0 Å². The number of aliphatic hydroxyl groups is 3. The average molecular weight is 300 g/mol. The Kier molecular flexibility index (Phi) is 6.51. The predicted octanol–water partition coefficient (Wildman–Crippen LogP) is 0.497. The van der Waals surface area contributed by atoms with E-state index in [1.54, 1.807) is 0 Å². The number of aliphatic carboxylic acids is 1. The maximum absolute atomic E-state index is 11.8. The highest BCUT2D eigenvalue weighted by Gasteiger charge is 2.58. The highest BCUT2D eigenvalue weighted by atomic mass is 16.4. The van der Waals surface area contributed by atoms with Crippen LogP contribution in [-0.4, -0.2) is 51.0 Å². The van der Waals surface area contributed by atoms with Crippen LogP contribution in [0.25, 0.3) is 0 Å². The first-order valence-corrected chi connectivity index (χ1v) is 7.32. The molecular formula is C15H24O6. The number of ketones is 1. The molecule has 1 fully saturated rings. The molecule has 21 heavy (non-hydrogen) atoms. The summed E-state index contributed by atoms with van der Waals surface area (Å²) in [6, 6.07) is 0. The summed E-state index contributed by atoms with van der Waals surface area (Å²) in [5, 5.41) is 38.3. The van der Waals surface area contributed by atoms with Gasteiger partial charge in [-0.25, -0.2) is 0 Å². The second-order valence-electron chi connectivity index (χ2n) is 5.60. The zero-order chi connectivity index (χ0) is 16.0. The van der Waals surface area contributed by atoms with Gasteiger partial charge in [-0.2, -0.15) is 0 Å². The summed E-state index contributed by atoms with van der Waals surface area (Å²) >= 11 is 0. The number of carbonyl (C=O) groups excluding carboxylic acids is 1. The van der Waals surface area contributed by atoms with Gasteiger partial charge < -0.3 is 20.4 Å². The van der Waals surface area contributed by atoms with Crippen LogP contribution in [0.3, 0.4) is 0 Å². The van der Waals surface area contributed by atoms with Gasteiger partial charge in [0, 0.05) is 12.3 Å². The molecule has 1 rings (SSSR count). The van der Waals surface area contributed by atoms with Gasteiger partial charge in [-0.15, -0.1) is 0 Å². The minimum Gasteiger partial charge on any atom is -0.480 e. The van der Waals surface area contributed by atoms with Crippen molar-refractivity contribution in [3.05, 3.63) is 12.2 Å². The molecule has 4 N–H and O–H groups in total. The molecule has 0 aromatic carbocycles. The topological polar surface area (TPSA) is 115 Å². The maximum Gasteiger partial charge on any atom is 0.320 e. The number of rotatable bonds is 8. The highest BCUT2D eigenvalue weighted by Crippen LogP contribution is 2.41. The smallest absolute Gasteiger partial charge is 0.320 e. The van der Waals surface area contributed by atoms with Gasteiger partial charge in [-0.05, 0) is 6.42 Å². The van der Waals surface area contributed by atoms with E-state index in [0.29, 0.717) is 6.42 Å². The Labute approximate surface area is 124 Å². The quantitative estimate of drug-likeness (QED) is 0.295. The number of unbranched alkanes of at least 4 members (excludes halogenated alkanes) is 2. The lowest BCUT2D eigenvalue weighted by atomic mass is 9.77. The van der Waals surface area contributed by atoms with E-state index in [9.17, 15) is 30.0 Å². The van der Waals surface area contributed by atoms with Gasteiger partial charge in [-0.1, -0.05) is 38.3 Å². The summed E-state index contributed by atoms with van der Waals surface area (Å²) in [6.07, 6.45) is 3.98. The van der Waals surface area contributed by atoms with Crippen LogP contribution in [0, 0.1) is 11.3 Å². The van der Waals surface area contributed by atoms with Crippen molar-refractivity contribution >= 4 is 11.8 Å². The number of carbonyl (C=O) groups is 2. The van der Waals surface area contributed by atoms with Crippen LogP contribution in [0.4, 0.5) is 0 Å². The number of Topliss-reactive ketones (excluding diaryl/α,β-unsaturated/α-hetero) is 1. The molecule has 0 aromatic heterocycles. The minimum absolute atomic E-state index is 0.298. The Bertz CT molecular complexity index is 405. The molecule has 1 saturated carbocycles. The SMILES string of the molecule is CCCCC[C@H](O)/C=C/[C@H]1[C@H](O)CC(=O)C1(CO)C(=O)O. The molecule has 0 heterocycles. The molecule has 6 nitrogen and oxygen atoms in total. The number of hydrogen-bond donors (Lipinski definition) is 4. The molecule has 1 aliphatic carbocycles. The van der Waals surface area contributed by atoms with Crippen molar-refractivity contribution in [1.82, 2.24) is 0 Å². The third-order valence-electron chi connectivity index (χ3n) is 4.15. The number of hydrogen-bond acceptors (Lipinski definition) is 5. The molecule has 0 aromatic rings. The standard InChI is InChI=1S/C15H24O6/c1-2-3-4-5-10(17)6-7-11-12(18)8-13(19)15(11,9-16)14(20)21/h6-7,10-12,16-18H,2-5,8-9H2,1H3,(H,20,21)/b7-6+/t10-,11-,12+,15?/m0/s1. The lowest BCUT2D eigenvalue weighted by Crippen LogP contribution is -2.45. The summed E-state index contributed by atoms with van der Waals surface area (Å²) < 4.78 is 0. The normalized spacial score (nSPS) is 31.0.